The van der Waals surface area contributed by atoms with E-state index in [-0.39, 0.29) is 5.56 Å². The molecule has 2 aromatic heterocycles. The molecule has 0 N–H and O–H groups in total. The Hall–Kier alpha value is -3.14. The number of aryl methyl sites for hydroxylation is 1. The fourth-order valence-corrected chi connectivity index (χ4v) is 3.62. The number of pyridine rings is 2. The van der Waals surface area contributed by atoms with Crippen LogP contribution < -0.4 is 10.3 Å². The van der Waals surface area contributed by atoms with Crippen LogP contribution >= 0.6 is 0 Å². The van der Waals surface area contributed by atoms with Crippen LogP contribution in [0.4, 0.5) is 0 Å². The van der Waals surface area contributed by atoms with Gasteiger partial charge in [0.2, 0.25) is 5.88 Å². The maximum atomic E-state index is 13.6. The topological polar surface area (TPSA) is 44.1 Å². The molecule has 0 unspecified atom stereocenters. The first kappa shape index (κ1) is 17.3. The molecule has 2 heterocycles. The first-order valence-electron chi connectivity index (χ1n) is 9.29. The van der Waals surface area contributed by atoms with E-state index in [9.17, 15) is 4.79 Å². The lowest BCUT2D eigenvalue weighted by Gasteiger charge is -2.17. The molecule has 0 spiro atoms. The van der Waals surface area contributed by atoms with Crippen LogP contribution in [0.3, 0.4) is 0 Å². The van der Waals surface area contributed by atoms with Gasteiger partial charge in [0.25, 0.3) is 5.56 Å². The van der Waals surface area contributed by atoms with Crippen molar-refractivity contribution in [3.8, 4) is 17.1 Å². The van der Waals surface area contributed by atoms with E-state index in [1.165, 1.54) is 0 Å². The van der Waals surface area contributed by atoms with Crippen LogP contribution in [0.2, 0.25) is 0 Å². The summed E-state index contributed by atoms with van der Waals surface area (Å²) >= 11 is 0. The number of hydrogen-bond acceptors (Lipinski definition) is 3. The molecule has 0 atom stereocenters. The highest BCUT2D eigenvalue weighted by Crippen LogP contribution is 2.28. The van der Waals surface area contributed by atoms with Crippen LogP contribution in [0, 0.1) is 0 Å². The fraction of sp³-hybridized carbons (Fsp3) is 0.217. The second-order valence-corrected chi connectivity index (χ2v) is 6.57. The first-order chi connectivity index (χ1) is 13.2. The third kappa shape index (κ3) is 3.08. The number of allylic oxidation sites excluding steroid dienone is 4. The van der Waals surface area contributed by atoms with Gasteiger partial charge < -0.3 is 4.74 Å². The van der Waals surface area contributed by atoms with E-state index in [0.29, 0.717) is 11.3 Å². The lowest BCUT2D eigenvalue weighted by molar-refractivity contribution is 0.398. The number of aromatic nitrogens is 2. The smallest absolute Gasteiger partial charge is 0.263 e. The van der Waals surface area contributed by atoms with Gasteiger partial charge in [0.15, 0.2) is 0 Å². The van der Waals surface area contributed by atoms with E-state index in [1.54, 1.807) is 13.2 Å². The summed E-state index contributed by atoms with van der Waals surface area (Å²) in [6, 6.07) is 13.6. The summed E-state index contributed by atoms with van der Waals surface area (Å²) in [5.41, 5.74) is 3.54. The zero-order chi connectivity index (χ0) is 18.8. The van der Waals surface area contributed by atoms with Crippen LogP contribution in [-0.2, 0) is 6.42 Å². The first-order valence-corrected chi connectivity index (χ1v) is 9.29. The van der Waals surface area contributed by atoms with Crippen molar-refractivity contribution in [2.24, 2.45) is 0 Å². The number of rotatable bonds is 4. The molecule has 0 radical (unpaired) electrons. The Bertz CT molecular complexity index is 1120. The van der Waals surface area contributed by atoms with E-state index in [2.05, 4.69) is 30.1 Å². The SMILES string of the molecule is CCc1cc2cccc(-c3cccc(OC)n3)c2c(=O)n1C1=CCCC=C1. The average Bonchev–Trinajstić information content (AvgIpc) is 2.73. The second kappa shape index (κ2) is 7.23. The molecule has 136 valence electrons. The number of hydrogen-bond donors (Lipinski definition) is 0. The molecule has 4 rings (SSSR count). The minimum atomic E-state index is 0.00219. The van der Waals surface area contributed by atoms with Crippen molar-refractivity contribution in [3.05, 3.63) is 76.7 Å². The van der Waals surface area contributed by atoms with E-state index in [0.717, 1.165) is 47.3 Å². The molecular formula is C23H22N2O2. The molecule has 0 saturated heterocycles. The summed E-state index contributed by atoms with van der Waals surface area (Å²) in [6.45, 7) is 2.08. The normalized spacial score (nSPS) is 13.6. The van der Waals surface area contributed by atoms with Gasteiger partial charge in [-0.1, -0.05) is 43.3 Å². The predicted molar refractivity (Wildman–Crippen MR) is 110 cm³/mol. The van der Waals surface area contributed by atoms with Crippen LogP contribution in [0.1, 0.15) is 25.5 Å². The maximum Gasteiger partial charge on any atom is 0.263 e. The molecule has 0 amide bonds. The minimum Gasteiger partial charge on any atom is -0.481 e. The molecule has 27 heavy (non-hydrogen) atoms. The zero-order valence-electron chi connectivity index (χ0n) is 15.6. The Morgan fingerprint density at radius 1 is 1.15 bits per heavy atom. The molecule has 0 saturated carbocycles. The second-order valence-electron chi connectivity index (χ2n) is 6.57. The van der Waals surface area contributed by atoms with Crippen LogP contribution in [0.15, 0.2) is 65.5 Å². The summed E-state index contributed by atoms with van der Waals surface area (Å²) in [4.78, 5) is 18.1. The summed E-state index contributed by atoms with van der Waals surface area (Å²) in [5, 5.41) is 1.63. The molecule has 1 aliphatic carbocycles. The van der Waals surface area contributed by atoms with Gasteiger partial charge in [-0.15, -0.1) is 0 Å². The Morgan fingerprint density at radius 3 is 2.74 bits per heavy atom. The van der Waals surface area contributed by atoms with Crippen molar-refractivity contribution in [3.63, 3.8) is 0 Å². The Kier molecular flexibility index (Phi) is 4.63. The van der Waals surface area contributed by atoms with Crippen molar-refractivity contribution in [1.29, 1.82) is 0 Å². The Balaban J connectivity index is 2.04. The van der Waals surface area contributed by atoms with Crippen LogP contribution in [0.25, 0.3) is 27.7 Å². The van der Waals surface area contributed by atoms with Crippen molar-refractivity contribution >= 4 is 16.5 Å². The highest BCUT2D eigenvalue weighted by molar-refractivity contribution is 5.96. The Morgan fingerprint density at radius 2 is 2.00 bits per heavy atom. The number of nitrogens with zero attached hydrogens (tertiary/aromatic N) is 2. The van der Waals surface area contributed by atoms with Gasteiger partial charge in [-0.25, -0.2) is 4.98 Å². The molecule has 4 nitrogen and oxygen atoms in total. The van der Waals surface area contributed by atoms with Gasteiger partial charge in [-0.3, -0.25) is 9.36 Å². The standard InChI is InChI=1S/C23H22N2O2/c1-3-17-15-16-9-7-12-19(20-13-8-14-21(24-20)27-2)22(16)23(26)25(17)18-10-5-4-6-11-18/h5,7-15H,3-4,6H2,1-2H3. The van der Waals surface area contributed by atoms with E-state index >= 15 is 0 Å². The molecule has 1 aliphatic rings. The highest BCUT2D eigenvalue weighted by Gasteiger charge is 2.16. The van der Waals surface area contributed by atoms with Crippen molar-refractivity contribution < 1.29 is 4.74 Å². The number of ether oxygens (including phenoxy) is 1. The quantitative estimate of drug-likeness (QED) is 0.671. The van der Waals surface area contributed by atoms with Gasteiger partial charge in [0.05, 0.1) is 18.2 Å². The molecule has 0 fully saturated rings. The monoisotopic (exact) mass is 358 g/mol. The fourth-order valence-electron chi connectivity index (χ4n) is 3.62. The van der Waals surface area contributed by atoms with Gasteiger partial charge in [0, 0.05) is 23.0 Å². The lowest BCUT2D eigenvalue weighted by atomic mass is 10.0. The van der Waals surface area contributed by atoms with Crippen LogP contribution in [-0.4, -0.2) is 16.7 Å². The van der Waals surface area contributed by atoms with E-state index < -0.39 is 0 Å². The van der Waals surface area contributed by atoms with Gasteiger partial charge in [-0.05, 0) is 42.9 Å². The third-order valence-electron chi connectivity index (χ3n) is 4.93. The third-order valence-corrected chi connectivity index (χ3v) is 4.93. The van der Waals surface area contributed by atoms with Gasteiger partial charge in [0.1, 0.15) is 0 Å². The predicted octanol–water partition coefficient (Wildman–Crippen LogP) is 4.83. The van der Waals surface area contributed by atoms with Gasteiger partial charge in [-0.2, -0.15) is 0 Å². The van der Waals surface area contributed by atoms with Crippen LogP contribution in [0.5, 0.6) is 5.88 Å². The lowest BCUT2D eigenvalue weighted by Crippen LogP contribution is -2.23. The molecule has 0 aliphatic heterocycles. The number of methoxy groups -OCH3 is 1. The van der Waals surface area contributed by atoms with E-state index in [4.69, 9.17) is 4.74 Å². The van der Waals surface area contributed by atoms with Gasteiger partial charge >= 0.3 is 0 Å². The minimum absolute atomic E-state index is 0.00219. The summed E-state index contributed by atoms with van der Waals surface area (Å²) in [7, 11) is 1.59. The van der Waals surface area contributed by atoms with Crippen molar-refractivity contribution in [2.45, 2.75) is 26.2 Å². The molecule has 0 bridgehead atoms. The maximum absolute atomic E-state index is 13.6. The zero-order valence-corrected chi connectivity index (χ0v) is 15.6. The van der Waals surface area contributed by atoms with Crippen molar-refractivity contribution in [1.82, 2.24) is 9.55 Å². The molecule has 3 aromatic rings. The number of fused-ring (bicyclic) bond motifs is 1. The molecule has 1 aromatic carbocycles. The number of benzene rings is 1. The largest absolute Gasteiger partial charge is 0.481 e. The van der Waals surface area contributed by atoms with E-state index in [1.807, 2.05) is 41.0 Å². The molecule has 4 heteroatoms. The molecular weight excluding hydrogens is 336 g/mol. The van der Waals surface area contributed by atoms with Crippen molar-refractivity contribution in [2.75, 3.05) is 7.11 Å². The average molecular weight is 358 g/mol. The highest BCUT2D eigenvalue weighted by atomic mass is 16.5. The summed E-state index contributed by atoms with van der Waals surface area (Å²) < 4.78 is 7.11. The Labute approximate surface area is 158 Å². The summed E-state index contributed by atoms with van der Waals surface area (Å²) in [5.74, 6) is 0.535. The summed E-state index contributed by atoms with van der Waals surface area (Å²) in [6.07, 6.45) is 9.07.